The van der Waals surface area contributed by atoms with E-state index in [4.69, 9.17) is 4.98 Å². The summed E-state index contributed by atoms with van der Waals surface area (Å²) >= 11 is 1.85. The molecule has 6 rings (SSSR count). The van der Waals surface area contributed by atoms with E-state index < -0.39 is 0 Å². The summed E-state index contributed by atoms with van der Waals surface area (Å²) in [4.78, 5) is 5.21. The number of nitrogens with zero attached hydrogens (tertiary/aromatic N) is 1. The van der Waals surface area contributed by atoms with Gasteiger partial charge in [-0.2, -0.15) is 0 Å². The number of para-hydroxylation sites is 1. The van der Waals surface area contributed by atoms with Gasteiger partial charge in [0.2, 0.25) is 0 Å². The standard InChI is InChI=1S/C29H23NS/c1-29(2,3)23-17-19(16-18-10-4-5-11-20(18)23)27-28-26(21-12-6-8-14-24(21)30-27)22-13-7-9-15-25(22)31-28/h4-17H,1-3H3. The number of pyridine rings is 1. The van der Waals surface area contributed by atoms with Gasteiger partial charge in [-0.1, -0.05) is 81.4 Å². The molecule has 150 valence electrons. The second kappa shape index (κ2) is 6.63. The van der Waals surface area contributed by atoms with Crippen LogP contribution in [0.3, 0.4) is 0 Å². The van der Waals surface area contributed by atoms with E-state index in [9.17, 15) is 0 Å². The number of aromatic nitrogens is 1. The van der Waals surface area contributed by atoms with Crippen LogP contribution in [0, 0.1) is 0 Å². The first-order chi connectivity index (χ1) is 15.0. The first-order valence-electron chi connectivity index (χ1n) is 10.7. The van der Waals surface area contributed by atoms with E-state index in [1.54, 1.807) is 0 Å². The van der Waals surface area contributed by atoms with Crippen molar-refractivity contribution >= 4 is 53.2 Å². The van der Waals surface area contributed by atoms with Crippen molar-refractivity contribution in [3.05, 3.63) is 90.5 Å². The lowest BCUT2D eigenvalue weighted by molar-refractivity contribution is 0.596. The molecule has 2 aromatic heterocycles. The third kappa shape index (κ3) is 2.86. The van der Waals surface area contributed by atoms with Crippen LogP contribution >= 0.6 is 11.3 Å². The number of thiophene rings is 1. The van der Waals surface area contributed by atoms with Gasteiger partial charge >= 0.3 is 0 Å². The molecule has 2 heterocycles. The molecule has 4 aromatic carbocycles. The fraction of sp³-hybridized carbons (Fsp3) is 0.138. The topological polar surface area (TPSA) is 12.9 Å². The average molecular weight is 418 g/mol. The van der Waals surface area contributed by atoms with E-state index in [1.807, 2.05) is 11.3 Å². The summed E-state index contributed by atoms with van der Waals surface area (Å²) in [5, 5.41) is 6.47. The molecule has 0 N–H and O–H groups in total. The quantitative estimate of drug-likeness (QED) is 0.261. The number of hydrogen-bond donors (Lipinski definition) is 0. The molecule has 0 radical (unpaired) electrons. The van der Waals surface area contributed by atoms with Crippen LogP contribution in [-0.2, 0) is 5.41 Å². The molecular weight excluding hydrogens is 394 g/mol. The Bertz CT molecular complexity index is 1620. The molecule has 6 aromatic rings. The Kier molecular flexibility index (Phi) is 3.97. The van der Waals surface area contributed by atoms with Crippen molar-refractivity contribution in [3.8, 4) is 11.3 Å². The van der Waals surface area contributed by atoms with Gasteiger partial charge in [-0.3, -0.25) is 0 Å². The molecule has 0 spiro atoms. The maximum absolute atomic E-state index is 5.21. The molecule has 0 aliphatic heterocycles. The summed E-state index contributed by atoms with van der Waals surface area (Å²) in [5.74, 6) is 0. The predicted octanol–water partition coefficient (Wildman–Crippen LogP) is 8.72. The van der Waals surface area contributed by atoms with Crippen LogP contribution < -0.4 is 0 Å². The molecule has 0 bridgehead atoms. The Balaban J connectivity index is 1.79. The highest BCUT2D eigenvalue weighted by Crippen LogP contribution is 2.44. The molecular formula is C29H23NS. The van der Waals surface area contributed by atoms with Gasteiger partial charge < -0.3 is 0 Å². The van der Waals surface area contributed by atoms with Crippen molar-refractivity contribution in [3.63, 3.8) is 0 Å². The Hall–Kier alpha value is -3.23. The monoisotopic (exact) mass is 417 g/mol. The van der Waals surface area contributed by atoms with E-state index >= 15 is 0 Å². The van der Waals surface area contributed by atoms with Crippen molar-refractivity contribution in [2.75, 3.05) is 0 Å². The van der Waals surface area contributed by atoms with Gasteiger partial charge in [-0.15, -0.1) is 11.3 Å². The first kappa shape index (κ1) is 18.5. The Labute approximate surface area is 186 Å². The number of rotatable bonds is 1. The fourth-order valence-corrected chi connectivity index (χ4v) is 5.93. The van der Waals surface area contributed by atoms with Gasteiger partial charge in [0.1, 0.15) is 0 Å². The summed E-state index contributed by atoms with van der Waals surface area (Å²) in [6.45, 7) is 6.88. The van der Waals surface area contributed by atoms with Crippen molar-refractivity contribution in [1.82, 2.24) is 4.98 Å². The molecule has 0 atom stereocenters. The number of fused-ring (bicyclic) bond motifs is 6. The molecule has 2 heteroatoms. The highest BCUT2D eigenvalue weighted by atomic mass is 32.1. The lowest BCUT2D eigenvalue weighted by atomic mass is 9.82. The molecule has 31 heavy (non-hydrogen) atoms. The van der Waals surface area contributed by atoms with Crippen LogP contribution in [0.1, 0.15) is 26.3 Å². The third-order valence-electron chi connectivity index (χ3n) is 6.16. The summed E-state index contributed by atoms with van der Waals surface area (Å²) < 4.78 is 2.59. The Morgan fingerprint density at radius 3 is 2.19 bits per heavy atom. The lowest BCUT2D eigenvalue weighted by Crippen LogP contribution is -2.12. The molecule has 0 aliphatic rings. The zero-order valence-electron chi connectivity index (χ0n) is 17.9. The molecule has 0 unspecified atom stereocenters. The highest BCUT2D eigenvalue weighted by molar-refractivity contribution is 7.26. The molecule has 0 aliphatic carbocycles. The molecule has 0 amide bonds. The Morgan fingerprint density at radius 2 is 1.39 bits per heavy atom. The second-order valence-corrected chi connectivity index (χ2v) is 10.3. The zero-order valence-corrected chi connectivity index (χ0v) is 18.8. The minimum absolute atomic E-state index is 0.0474. The summed E-state index contributed by atoms with van der Waals surface area (Å²) in [5.41, 5.74) is 4.76. The normalized spacial score (nSPS) is 12.4. The maximum Gasteiger partial charge on any atom is 0.0888 e. The van der Waals surface area contributed by atoms with Gasteiger partial charge in [-0.05, 0) is 46.0 Å². The SMILES string of the molecule is CC(C)(C)c1cc(-c2nc3ccccc3c3c2sc2ccccc23)cc2ccccc12. The minimum atomic E-state index is 0.0474. The molecule has 0 saturated heterocycles. The van der Waals surface area contributed by atoms with Crippen LogP contribution in [-0.4, -0.2) is 4.98 Å². The average Bonchev–Trinajstić information content (AvgIpc) is 3.17. The summed E-state index contributed by atoms with van der Waals surface area (Å²) in [6.07, 6.45) is 0. The summed E-state index contributed by atoms with van der Waals surface area (Å²) in [6, 6.07) is 30.7. The van der Waals surface area contributed by atoms with Crippen molar-refractivity contribution < 1.29 is 0 Å². The van der Waals surface area contributed by atoms with Crippen molar-refractivity contribution in [1.29, 1.82) is 0 Å². The third-order valence-corrected chi connectivity index (χ3v) is 7.34. The van der Waals surface area contributed by atoms with E-state index in [2.05, 4.69) is 106 Å². The van der Waals surface area contributed by atoms with Crippen molar-refractivity contribution in [2.45, 2.75) is 26.2 Å². The van der Waals surface area contributed by atoms with Crippen molar-refractivity contribution in [2.24, 2.45) is 0 Å². The smallest absolute Gasteiger partial charge is 0.0888 e. The van der Waals surface area contributed by atoms with E-state index in [0.29, 0.717) is 0 Å². The molecule has 1 nitrogen and oxygen atoms in total. The molecule has 0 saturated carbocycles. The second-order valence-electron chi connectivity index (χ2n) is 9.27. The minimum Gasteiger partial charge on any atom is -0.246 e. The van der Waals surface area contributed by atoms with Crippen LogP contribution in [0.4, 0.5) is 0 Å². The van der Waals surface area contributed by atoms with Crippen LogP contribution in [0.2, 0.25) is 0 Å². The van der Waals surface area contributed by atoms with Gasteiger partial charge in [0, 0.05) is 26.4 Å². The van der Waals surface area contributed by atoms with Gasteiger partial charge in [0.05, 0.1) is 15.9 Å². The first-order valence-corrected chi connectivity index (χ1v) is 11.6. The van der Waals surface area contributed by atoms with Crippen LogP contribution in [0.5, 0.6) is 0 Å². The fourth-order valence-electron chi connectivity index (χ4n) is 4.70. The van der Waals surface area contributed by atoms with E-state index in [0.717, 1.165) is 11.2 Å². The van der Waals surface area contributed by atoms with E-state index in [-0.39, 0.29) is 5.41 Å². The van der Waals surface area contributed by atoms with Gasteiger partial charge in [0.25, 0.3) is 0 Å². The summed E-state index contributed by atoms with van der Waals surface area (Å²) in [7, 11) is 0. The lowest BCUT2D eigenvalue weighted by Gasteiger charge is -2.23. The number of benzene rings is 4. The molecule has 0 fully saturated rings. The van der Waals surface area contributed by atoms with Gasteiger partial charge in [-0.25, -0.2) is 4.98 Å². The number of hydrogen-bond acceptors (Lipinski definition) is 2. The van der Waals surface area contributed by atoms with E-state index in [1.165, 1.54) is 47.5 Å². The maximum atomic E-state index is 5.21. The Morgan fingerprint density at radius 1 is 0.710 bits per heavy atom. The highest BCUT2D eigenvalue weighted by Gasteiger charge is 2.21. The van der Waals surface area contributed by atoms with Crippen LogP contribution in [0.15, 0.2) is 84.9 Å². The van der Waals surface area contributed by atoms with Gasteiger partial charge in [0.15, 0.2) is 0 Å². The largest absolute Gasteiger partial charge is 0.246 e. The van der Waals surface area contributed by atoms with Crippen LogP contribution in [0.25, 0.3) is 53.1 Å². The predicted molar refractivity (Wildman–Crippen MR) is 136 cm³/mol. The zero-order chi connectivity index (χ0) is 21.2.